The Morgan fingerprint density at radius 3 is 2.53 bits per heavy atom. The van der Waals surface area contributed by atoms with Gasteiger partial charge in [0.05, 0.1) is 0 Å². The van der Waals surface area contributed by atoms with Crippen LogP contribution in [0.3, 0.4) is 0 Å². The molecule has 2 N–H and O–H groups in total. The van der Waals surface area contributed by atoms with Crippen molar-refractivity contribution in [2.75, 3.05) is 0 Å². The summed E-state index contributed by atoms with van der Waals surface area (Å²) >= 11 is 0. The molecular weight excluding hydrogens is 182 g/mol. The minimum Gasteiger partial charge on any atom is -0.324 e. The zero-order chi connectivity index (χ0) is 10.8. The van der Waals surface area contributed by atoms with Gasteiger partial charge in [0.2, 0.25) is 0 Å². The summed E-state index contributed by atoms with van der Waals surface area (Å²) in [6.45, 7) is 4.47. The van der Waals surface area contributed by atoms with Crippen LogP contribution in [0, 0.1) is 0 Å². The summed E-state index contributed by atoms with van der Waals surface area (Å²) < 4.78 is 0. The molecule has 0 aliphatic heterocycles. The first-order valence-electron chi connectivity index (χ1n) is 6.16. The number of rotatable bonds is 2. The predicted octanol–water partition coefficient (Wildman–Crippen LogP) is 3.15. The maximum Gasteiger partial charge on any atom is 0.0297 e. The van der Waals surface area contributed by atoms with Crippen molar-refractivity contribution in [2.24, 2.45) is 5.73 Å². The van der Waals surface area contributed by atoms with Gasteiger partial charge in [-0.2, -0.15) is 0 Å². The third-order valence-corrected chi connectivity index (χ3v) is 3.58. The molecule has 0 bridgehead atoms. The summed E-state index contributed by atoms with van der Waals surface area (Å²) in [6.07, 6.45) is 5.90. The maximum atomic E-state index is 6.16. The topological polar surface area (TPSA) is 26.0 Å². The molecule has 0 radical (unpaired) electrons. The number of benzene rings is 1. The Bertz CT molecular complexity index is 355. The lowest BCUT2D eigenvalue weighted by Gasteiger charge is -2.24. The van der Waals surface area contributed by atoms with Crippen LogP contribution in [-0.4, -0.2) is 0 Å². The van der Waals surface area contributed by atoms with Crippen LogP contribution in [-0.2, 0) is 19.3 Å². The number of fused-ring (bicyclic) bond motifs is 1. The van der Waals surface area contributed by atoms with E-state index in [-0.39, 0.29) is 6.04 Å². The monoisotopic (exact) mass is 203 g/mol. The largest absolute Gasteiger partial charge is 0.324 e. The molecule has 0 spiro atoms. The lowest BCUT2D eigenvalue weighted by Crippen LogP contribution is -2.18. The van der Waals surface area contributed by atoms with Gasteiger partial charge in [-0.25, -0.2) is 0 Å². The summed E-state index contributed by atoms with van der Waals surface area (Å²) in [4.78, 5) is 0. The van der Waals surface area contributed by atoms with Gasteiger partial charge >= 0.3 is 0 Å². The zero-order valence-electron chi connectivity index (χ0n) is 9.84. The lowest BCUT2D eigenvalue weighted by atomic mass is 9.84. The van der Waals surface area contributed by atoms with Gasteiger partial charge in [-0.15, -0.1) is 0 Å². The molecule has 0 heterocycles. The molecule has 0 fully saturated rings. The third kappa shape index (κ3) is 1.93. The lowest BCUT2D eigenvalue weighted by molar-refractivity contribution is 0.569. The Labute approximate surface area is 92.7 Å². The van der Waals surface area contributed by atoms with Crippen molar-refractivity contribution < 1.29 is 0 Å². The summed E-state index contributed by atoms with van der Waals surface area (Å²) in [5, 5.41) is 0. The fraction of sp³-hybridized carbons (Fsp3) is 0.571. The molecule has 2 rings (SSSR count). The first kappa shape index (κ1) is 10.7. The summed E-state index contributed by atoms with van der Waals surface area (Å²) in [6, 6.07) is 5.04. The molecular formula is C14H21N. The maximum absolute atomic E-state index is 6.16. The first-order valence-corrected chi connectivity index (χ1v) is 6.16. The molecule has 0 aromatic heterocycles. The molecule has 1 aromatic carbocycles. The van der Waals surface area contributed by atoms with Crippen LogP contribution in [0.25, 0.3) is 0 Å². The van der Waals surface area contributed by atoms with Crippen molar-refractivity contribution in [3.05, 3.63) is 34.4 Å². The molecule has 82 valence electrons. The first-order chi connectivity index (χ1) is 7.26. The van der Waals surface area contributed by atoms with Gasteiger partial charge in [0.25, 0.3) is 0 Å². The van der Waals surface area contributed by atoms with Crippen LogP contribution in [0.2, 0.25) is 0 Å². The van der Waals surface area contributed by atoms with Gasteiger partial charge in [-0.1, -0.05) is 26.0 Å². The van der Waals surface area contributed by atoms with E-state index in [0.717, 1.165) is 19.3 Å². The molecule has 1 aromatic rings. The number of hydrogen-bond donors (Lipinski definition) is 1. The second-order valence-electron chi connectivity index (χ2n) is 4.53. The van der Waals surface area contributed by atoms with Crippen LogP contribution < -0.4 is 5.73 Å². The van der Waals surface area contributed by atoms with Gasteiger partial charge in [0.15, 0.2) is 0 Å². The van der Waals surface area contributed by atoms with Crippen LogP contribution in [0.1, 0.15) is 55.0 Å². The fourth-order valence-corrected chi connectivity index (χ4v) is 2.65. The van der Waals surface area contributed by atoms with Gasteiger partial charge in [-0.3, -0.25) is 0 Å². The van der Waals surface area contributed by atoms with E-state index in [2.05, 4.69) is 26.0 Å². The molecule has 0 saturated carbocycles. The van der Waals surface area contributed by atoms with E-state index in [1.54, 1.807) is 0 Å². The molecule has 0 amide bonds. The second kappa shape index (κ2) is 4.36. The Morgan fingerprint density at radius 1 is 1.20 bits per heavy atom. The average molecular weight is 203 g/mol. The fourth-order valence-electron chi connectivity index (χ4n) is 2.65. The molecule has 0 unspecified atom stereocenters. The minimum absolute atomic E-state index is 0.282. The van der Waals surface area contributed by atoms with E-state index >= 15 is 0 Å². The molecule has 15 heavy (non-hydrogen) atoms. The van der Waals surface area contributed by atoms with Crippen LogP contribution in [0.5, 0.6) is 0 Å². The van der Waals surface area contributed by atoms with Crippen molar-refractivity contribution in [2.45, 2.75) is 52.0 Å². The SMILES string of the molecule is CCc1cc2c(cc1CC)[C@@H](N)CCC2. The molecule has 1 aliphatic rings. The standard InChI is InChI=1S/C14H21N/c1-3-10-8-12-6-5-7-14(15)13(12)9-11(10)4-2/h8-9,14H,3-7,15H2,1-2H3/t14-/m0/s1. The predicted molar refractivity (Wildman–Crippen MR) is 65.1 cm³/mol. The smallest absolute Gasteiger partial charge is 0.0297 e. The number of aryl methyl sites for hydroxylation is 3. The van der Waals surface area contributed by atoms with E-state index < -0.39 is 0 Å². The summed E-state index contributed by atoms with van der Waals surface area (Å²) in [7, 11) is 0. The number of nitrogens with two attached hydrogens (primary N) is 1. The Kier molecular flexibility index (Phi) is 3.11. The Hall–Kier alpha value is -0.820. The molecule has 1 heteroatoms. The Balaban J connectivity index is 2.48. The summed E-state index contributed by atoms with van der Waals surface area (Å²) in [5.41, 5.74) is 12.1. The van der Waals surface area contributed by atoms with E-state index in [1.807, 2.05) is 0 Å². The van der Waals surface area contributed by atoms with Gasteiger partial charge in [-0.05, 0) is 54.4 Å². The van der Waals surface area contributed by atoms with Gasteiger partial charge < -0.3 is 5.73 Å². The van der Waals surface area contributed by atoms with Crippen molar-refractivity contribution in [3.63, 3.8) is 0 Å². The number of hydrogen-bond acceptors (Lipinski definition) is 1. The Morgan fingerprint density at radius 2 is 1.87 bits per heavy atom. The quantitative estimate of drug-likeness (QED) is 0.785. The highest BCUT2D eigenvalue weighted by atomic mass is 14.6. The van der Waals surface area contributed by atoms with Crippen LogP contribution >= 0.6 is 0 Å². The highest BCUT2D eigenvalue weighted by Crippen LogP contribution is 2.30. The minimum atomic E-state index is 0.282. The van der Waals surface area contributed by atoms with Gasteiger partial charge in [0.1, 0.15) is 0 Å². The van der Waals surface area contributed by atoms with Crippen molar-refractivity contribution in [1.82, 2.24) is 0 Å². The van der Waals surface area contributed by atoms with Crippen molar-refractivity contribution in [1.29, 1.82) is 0 Å². The second-order valence-corrected chi connectivity index (χ2v) is 4.53. The van der Waals surface area contributed by atoms with E-state index in [4.69, 9.17) is 5.73 Å². The van der Waals surface area contributed by atoms with Crippen molar-refractivity contribution >= 4 is 0 Å². The van der Waals surface area contributed by atoms with Gasteiger partial charge in [0, 0.05) is 6.04 Å². The van der Waals surface area contributed by atoms with E-state index in [9.17, 15) is 0 Å². The summed E-state index contributed by atoms with van der Waals surface area (Å²) in [5.74, 6) is 0. The molecule has 1 atom stereocenters. The highest BCUT2D eigenvalue weighted by molar-refractivity contribution is 5.41. The normalized spacial score (nSPS) is 20.1. The molecule has 1 aliphatic carbocycles. The van der Waals surface area contributed by atoms with E-state index in [1.165, 1.54) is 35.1 Å². The molecule has 0 saturated heterocycles. The van der Waals surface area contributed by atoms with Crippen LogP contribution in [0.15, 0.2) is 12.1 Å². The molecule has 1 nitrogen and oxygen atoms in total. The van der Waals surface area contributed by atoms with Crippen molar-refractivity contribution in [3.8, 4) is 0 Å². The van der Waals surface area contributed by atoms with E-state index in [0.29, 0.717) is 0 Å². The van der Waals surface area contributed by atoms with Crippen LogP contribution in [0.4, 0.5) is 0 Å². The zero-order valence-corrected chi connectivity index (χ0v) is 9.84. The third-order valence-electron chi connectivity index (χ3n) is 3.58. The average Bonchev–Trinajstić information content (AvgIpc) is 2.28. The highest BCUT2D eigenvalue weighted by Gasteiger charge is 2.18.